The number of esters is 1. The van der Waals surface area contributed by atoms with Gasteiger partial charge in [-0.2, -0.15) is 0 Å². The molecule has 0 N–H and O–H groups in total. The van der Waals surface area contributed by atoms with E-state index in [9.17, 15) is 9.59 Å². The number of nitrogens with zero attached hydrogens (tertiary/aromatic N) is 1. The molecule has 0 aromatic heterocycles. The van der Waals surface area contributed by atoms with Crippen molar-refractivity contribution in [2.75, 3.05) is 0 Å². The molecule has 0 spiro atoms. The van der Waals surface area contributed by atoms with Crippen LogP contribution in [0, 0.1) is 0 Å². The number of benzene rings is 1. The van der Waals surface area contributed by atoms with Crippen LogP contribution in [-0.4, -0.2) is 30.7 Å². The molecule has 1 aromatic carbocycles. The van der Waals surface area contributed by atoms with Gasteiger partial charge >= 0.3 is 5.97 Å². The van der Waals surface area contributed by atoms with Crippen molar-refractivity contribution in [2.24, 2.45) is 0 Å². The van der Waals surface area contributed by atoms with Crippen molar-refractivity contribution in [1.29, 1.82) is 0 Å². The van der Waals surface area contributed by atoms with Crippen molar-refractivity contribution < 1.29 is 14.3 Å². The lowest BCUT2D eigenvalue weighted by Gasteiger charge is -2.55. The van der Waals surface area contributed by atoms with Crippen LogP contribution >= 0.6 is 0 Å². The first kappa shape index (κ1) is 19.4. The largest absolute Gasteiger partial charge is 0.458 e. The van der Waals surface area contributed by atoms with Crippen molar-refractivity contribution in [2.45, 2.75) is 64.4 Å². The second kappa shape index (κ2) is 7.56. The van der Waals surface area contributed by atoms with E-state index in [1.54, 1.807) is 0 Å². The van der Waals surface area contributed by atoms with E-state index < -0.39 is 8.24 Å². The normalized spacial score (nSPS) is 18.4. The number of carbonyl (C=O) groups excluding carboxylic acids is 2. The van der Waals surface area contributed by atoms with E-state index in [-0.39, 0.29) is 29.6 Å². The van der Waals surface area contributed by atoms with Gasteiger partial charge in [0.1, 0.15) is 6.61 Å². The van der Waals surface area contributed by atoms with E-state index in [0.717, 1.165) is 5.56 Å². The maximum Gasteiger partial charge on any atom is 0.330 e. The number of rotatable bonds is 6. The average Bonchev–Trinajstić information content (AvgIpc) is 2.51. The maximum atomic E-state index is 12.1. The average molecular weight is 360 g/mol. The van der Waals surface area contributed by atoms with Crippen LogP contribution in [0.5, 0.6) is 0 Å². The van der Waals surface area contributed by atoms with E-state index >= 15 is 0 Å². The first-order valence-corrected chi connectivity index (χ1v) is 11.8. The fourth-order valence-electron chi connectivity index (χ4n) is 2.90. The highest BCUT2D eigenvalue weighted by molar-refractivity contribution is 6.79. The maximum absolute atomic E-state index is 12.1. The molecule has 136 valence electrons. The van der Waals surface area contributed by atoms with E-state index in [1.807, 2.05) is 36.4 Å². The van der Waals surface area contributed by atoms with Crippen LogP contribution in [-0.2, 0) is 20.9 Å². The number of amides is 1. The van der Waals surface area contributed by atoms with Crippen molar-refractivity contribution >= 4 is 20.1 Å². The summed E-state index contributed by atoms with van der Waals surface area (Å²) in [6.07, 6.45) is 4.61. The van der Waals surface area contributed by atoms with E-state index in [0.29, 0.717) is 12.8 Å². The Bertz CT molecular complexity index is 647. The van der Waals surface area contributed by atoms with Crippen LogP contribution in [0.1, 0.15) is 39.2 Å². The van der Waals surface area contributed by atoms with E-state index in [1.165, 1.54) is 6.08 Å². The molecule has 0 saturated carbocycles. The van der Waals surface area contributed by atoms with Gasteiger partial charge in [-0.3, -0.25) is 4.79 Å². The summed E-state index contributed by atoms with van der Waals surface area (Å²) in [5.74, 6) is -0.0926. The van der Waals surface area contributed by atoms with Gasteiger partial charge < -0.3 is 9.30 Å². The Morgan fingerprint density at radius 1 is 1.28 bits per heavy atom. The fourth-order valence-corrected chi connectivity index (χ4v) is 5.45. The van der Waals surface area contributed by atoms with Gasteiger partial charge in [-0.05, 0) is 17.0 Å². The number of hydrogen-bond acceptors (Lipinski definition) is 3. The molecule has 1 heterocycles. The highest BCUT2D eigenvalue weighted by Crippen LogP contribution is 2.43. The smallest absolute Gasteiger partial charge is 0.330 e. The second-order valence-corrected chi connectivity index (χ2v) is 13.3. The zero-order valence-electron chi connectivity index (χ0n) is 15.9. The topological polar surface area (TPSA) is 46.6 Å². The molecule has 1 saturated heterocycles. The molecule has 1 amide bonds. The number of β-lactam (4-membered cyclic amide) rings is 1. The molecule has 1 aliphatic heterocycles. The lowest BCUT2D eigenvalue weighted by atomic mass is 10.0. The molecule has 4 nitrogen and oxygen atoms in total. The molecule has 2 rings (SSSR count). The summed E-state index contributed by atoms with van der Waals surface area (Å²) < 4.78 is 7.34. The first-order valence-electron chi connectivity index (χ1n) is 8.82. The quantitative estimate of drug-likeness (QED) is 0.330. The van der Waals surface area contributed by atoms with Crippen molar-refractivity contribution in [3.8, 4) is 0 Å². The van der Waals surface area contributed by atoms with E-state index in [4.69, 9.17) is 4.74 Å². The Morgan fingerprint density at radius 3 is 2.48 bits per heavy atom. The second-order valence-electron chi connectivity index (χ2n) is 8.16. The summed E-state index contributed by atoms with van der Waals surface area (Å²) >= 11 is 0. The zero-order chi connectivity index (χ0) is 18.7. The number of carbonyl (C=O) groups is 2. The van der Waals surface area contributed by atoms with Gasteiger partial charge in [0.05, 0.1) is 0 Å². The van der Waals surface area contributed by atoms with Crippen LogP contribution in [0.4, 0.5) is 0 Å². The summed E-state index contributed by atoms with van der Waals surface area (Å²) in [6.45, 7) is 11.4. The van der Waals surface area contributed by atoms with E-state index in [2.05, 4.69) is 38.4 Å². The van der Waals surface area contributed by atoms with Gasteiger partial charge in [0.2, 0.25) is 5.91 Å². The summed E-state index contributed by atoms with van der Waals surface area (Å²) in [5, 5.41) is 0.125. The lowest BCUT2D eigenvalue weighted by Crippen LogP contribution is -2.67. The Hall–Kier alpha value is -1.88. The highest BCUT2D eigenvalue weighted by Gasteiger charge is 2.51. The minimum atomic E-state index is -1.85. The fraction of sp³-hybridized carbons (Fsp3) is 0.500. The molecule has 1 unspecified atom stereocenters. The van der Waals surface area contributed by atoms with Crippen LogP contribution in [0.3, 0.4) is 0 Å². The molecular weight excluding hydrogens is 330 g/mol. The number of ether oxygens (including phenoxy) is 1. The van der Waals surface area contributed by atoms with Gasteiger partial charge in [0.25, 0.3) is 0 Å². The van der Waals surface area contributed by atoms with Crippen molar-refractivity contribution in [3.05, 3.63) is 48.0 Å². The lowest BCUT2D eigenvalue weighted by molar-refractivity contribution is -0.139. The van der Waals surface area contributed by atoms with Gasteiger partial charge in [0, 0.05) is 18.5 Å². The predicted octanol–water partition coefficient (Wildman–Crippen LogP) is 4.28. The molecule has 0 bridgehead atoms. The van der Waals surface area contributed by atoms with Gasteiger partial charge in [-0.15, -0.1) is 0 Å². The van der Waals surface area contributed by atoms with Gasteiger partial charge in [-0.25, -0.2) is 4.79 Å². The van der Waals surface area contributed by atoms with Crippen LogP contribution in [0.15, 0.2) is 42.5 Å². The van der Waals surface area contributed by atoms with Crippen LogP contribution in [0.2, 0.25) is 18.1 Å². The standard InChI is InChI=1S/C20H29NO3Si/c1-20(2,3)25(4,5)21-17(14-18(21)22)12-9-13-19(23)24-15-16-10-7-6-8-11-16/h6-11,13,17H,12,14-15H2,1-5H3/b13-9+. The molecule has 1 atom stereocenters. The van der Waals surface area contributed by atoms with Crippen LogP contribution in [0.25, 0.3) is 0 Å². The minimum absolute atomic E-state index is 0.125. The van der Waals surface area contributed by atoms with Gasteiger partial charge in [-0.1, -0.05) is 70.3 Å². The molecule has 1 aliphatic rings. The Labute approximate surface area is 152 Å². The van der Waals surface area contributed by atoms with Crippen molar-refractivity contribution in [3.63, 3.8) is 0 Å². The molecule has 0 radical (unpaired) electrons. The van der Waals surface area contributed by atoms with Crippen LogP contribution < -0.4 is 0 Å². The summed E-state index contributed by atoms with van der Waals surface area (Å²) in [4.78, 5) is 24.0. The molecule has 0 aliphatic carbocycles. The summed E-state index contributed by atoms with van der Waals surface area (Å²) in [6, 6.07) is 9.83. The molecule has 1 aromatic rings. The highest BCUT2D eigenvalue weighted by atomic mass is 28.3. The first-order chi connectivity index (χ1) is 11.6. The Balaban J connectivity index is 1.85. The summed E-state index contributed by atoms with van der Waals surface area (Å²) in [5.41, 5.74) is 0.970. The molecule has 5 heteroatoms. The van der Waals surface area contributed by atoms with Crippen molar-refractivity contribution in [1.82, 2.24) is 4.57 Å². The molecule has 1 fully saturated rings. The Kier molecular flexibility index (Phi) is 5.88. The number of hydrogen-bond donors (Lipinski definition) is 0. The predicted molar refractivity (Wildman–Crippen MR) is 102 cm³/mol. The third kappa shape index (κ3) is 4.60. The monoisotopic (exact) mass is 359 g/mol. The van der Waals surface area contributed by atoms with Gasteiger partial charge in [0.15, 0.2) is 8.24 Å². The summed E-state index contributed by atoms with van der Waals surface area (Å²) in [7, 11) is -1.85. The minimum Gasteiger partial charge on any atom is -0.458 e. The molecule has 25 heavy (non-hydrogen) atoms. The third-order valence-corrected chi connectivity index (χ3v) is 10.9. The zero-order valence-corrected chi connectivity index (χ0v) is 16.9. The SMILES string of the molecule is CC(C)(C)[Si](C)(C)N1C(=O)CC1C/C=C/C(=O)OCc1ccccc1. The molecular formula is C20H29NO3Si. The Morgan fingerprint density at radius 2 is 1.92 bits per heavy atom. The third-order valence-electron chi connectivity index (χ3n) is 5.37.